The number of methoxy groups -OCH3 is 1. The van der Waals surface area contributed by atoms with Gasteiger partial charge in [0.25, 0.3) is 11.8 Å². The normalized spacial score (nSPS) is 17.1. The lowest BCUT2D eigenvalue weighted by Crippen LogP contribution is -2.41. The first-order chi connectivity index (χ1) is 16.6. The zero-order valence-corrected chi connectivity index (χ0v) is 19.1. The van der Waals surface area contributed by atoms with Crippen molar-refractivity contribution in [3.63, 3.8) is 0 Å². The highest BCUT2D eigenvalue weighted by Crippen LogP contribution is 2.32. The van der Waals surface area contributed by atoms with Crippen LogP contribution < -0.4 is 9.64 Å². The van der Waals surface area contributed by atoms with Gasteiger partial charge < -0.3 is 14.4 Å². The quantitative estimate of drug-likeness (QED) is 0.426. The maximum absolute atomic E-state index is 13.5. The van der Waals surface area contributed by atoms with Gasteiger partial charge in [0.05, 0.1) is 26.9 Å². The van der Waals surface area contributed by atoms with Gasteiger partial charge in [-0.05, 0) is 53.1 Å². The van der Waals surface area contributed by atoms with Gasteiger partial charge in [-0.15, -0.1) is 0 Å². The third-order valence-electron chi connectivity index (χ3n) is 6.25. The van der Waals surface area contributed by atoms with Crippen molar-refractivity contribution in [2.24, 2.45) is 0 Å². The molecule has 0 spiro atoms. The molecule has 1 saturated heterocycles. The summed E-state index contributed by atoms with van der Waals surface area (Å²) in [4.78, 5) is 30.4. The van der Waals surface area contributed by atoms with Crippen LogP contribution in [0.15, 0.2) is 72.8 Å². The summed E-state index contributed by atoms with van der Waals surface area (Å²) in [6.07, 6.45) is 1.87. The molecule has 3 aromatic rings. The number of anilines is 1. The molecule has 34 heavy (non-hydrogen) atoms. The van der Waals surface area contributed by atoms with Crippen LogP contribution in [0.25, 0.3) is 11.6 Å². The van der Waals surface area contributed by atoms with Gasteiger partial charge in [0, 0.05) is 29.9 Å². The molecule has 0 atom stereocenters. The van der Waals surface area contributed by atoms with Crippen molar-refractivity contribution in [1.29, 1.82) is 0 Å². The van der Waals surface area contributed by atoms with Gasteiger partial charge in [-0.3, -0.25) is 14.5 Å². The summed E-state index contributed by atoms with van der Waals surface area (Å²) in [5.74, 6) is 0.152. The van der Waals surface area contributed by atoms with Crippen molar-refractivity contribution in [1.82, 2.24) is 4.90 Å². The molecular weight excluding hydrogens is 428 g/mol. The molecule has 0 unspecified atom stereocenters. The molecule has 0 aromatic heterocycles. The van der Waals surface area contributed by atoms with Gasteiger partial charge in [-0.1, -0.05) is 42.5 Å². The SMILES string of the molecule is COc1ccc(CN2C(=O)/C(=C\c3ccc(N4CCOCC4)cc3)c3ccccc3C2=O)cc1. The summed E-state index contributed by atoms with van der Waals surface area (Å²) < 4.78 is 10.6. The number of morpholine rings is 1. The molecule has 2 aliphatic rings. The van der Waals surface area contributed by atoms with Crippen LogP contribution in [0.1, 0.15) is 27.0 Å². The third-order valence-corrected chi connectivity index (χ3v) is 6.25. The van der Waals surface area contributed by atoms with Gasteiger partial charge in [-0.2, -0.15) is 0 Å². The van der Waals surface area contributed by atoms with Crippen LogP contribution in [0.2, 0.25) is 0 Å². The maximum atomic E-state index is 13.5. The number of carbonyl (C=O) groups excluding carboxylic acids is 2. The summed E-state index contributed by atoms with van der Waals surface area (Å²) >= 11 is 0. The molecule has 3 aromatic carbocycles. The smallest absolute Gasteiger partial charge is 0.261 e. The van der Waals surface area contributed by atoms with E-state index in [1.165, 1.54) is 4.90 Å². The average molecular weight is 455 g/mol. The lowest BCUT2D eigenvalue weighted by Gasteiger charge is -2.29. The number of hydrogen-bond donors (Lipinski definition) is 0. The van der Waals surface area contributed by atoms with E-state index in [0.717, 1.165) is 48.9 Å². The van der Waals surface area contributed by atoms with E-state index in [1.807, 2.05) is 60.7 Å². The molecular formula is C28H26N2O4. The van der Waals surface area contributed by atoms with Gasteiger partial charge >= 0.3 is 0 Å². The molecule has 2 aliphatic heterocycles. The zero-order chi connectivity index (χ0) is 23.5. The summed E-state index contributed by atoms with van der Waals surface area (Å²) in [5, 5.41) is 0. The Morgan fingerprint density at radius 1 is 0.853 bits per heavy atom. The van der Waals surface area contributed by atoms with Gasteiger partial charge in [-0.25, -0.2) is 0 Å². The highest BCUT2D eigenvalue weighted by Gasteiger charge is 2.34. The number of amides is 2. The van der Waals surface area contributed by atoms with E-state index in [1.54, 1.807) is 13.2 Å². The lowest BCUT2D eigenvalue weighted by molar-refractivity contribution is -0.123. The van der Waals surface area contributed by atoms with Crippen LogP contribution in [-0.4, -0.2) is 50.1 Å². The van der Waals surface area contributed by atoms with E-state index in [2.05, 4.69) is 17.0 Å². The first kappa shape index (κ1) is 21.9. The molecule has 0 bridgehead atoms. The lowest BCUT2D eigenvalue weighted by atomic mass is 9.91. The fraction of sp³-hybridized carbons (Fsp3) is 0.214. The number of fused-ring (bicyclic) bond motifs is 1. The van der Waals surface area contributed by atoms with Crippen molar-refractivity contribution < 1.29 is 19.1 Å². The van der Waals surface area contributed by atoms with E-state index < -0.39 is 0 Å². The molecule has 2 heterocycles. The molecule has 0 aliphatic carbocycles. The molecule has 1 fully saturated rings. The Hall–Kier alpha value is -3.90. The predicted octanol–water partition coefficient (Wildman–Crippen LogP) is 4.26. The number of benzene rings is 3. The van der Waals surface area contributed by atoms with E-state index in [-0.39, 0.29) is 18.4 Å². The predicted molar refractivity (Wildman–Crippen MR) is 132 cm³/mol. The zero-order valence-electron chi connectivity index (χ0n) is 19.1. The fourth-order valence-electron chi connectivity index (χ4n) is 4.37. The Labute approximate surface area is 199 Å². The standard InChI is InChI=1S/C28H26N2O4/c1-33-23-12-8-21(9-13-23)19-30-27(31)25-5-3-2-4-24(25)26(28(30)32)18-20-6-10-22(11-7-20)29-14-16-34-17-15-29/h2-13,18H,14-17,19H2,1H3/b26-18-. The summed E-state index contributed by atoms with van der Waals surface area (Å²) in [5.41, 5.74) is 4.62. The first-order valence-corrected chi connectivity index (χ1v) is 11.4. The van der Waals surface area contributed by atoms with E-state index in [4.69, 9.17) is 9.47 Å². The Morgan fingerprint density at radius 3 is 2.21 bits per heavy atom. The third kappa shape index (κ3) is 4.32. The molecule has 172 valence electrons. The van der Waals surface area contributed by atoms with E-state index in [9.17, 15) is 9.59 Å². The van der Waals surface area contributed by atoms with Crippen LogP contribution in [0, 0.1) is 0 Å². The molecule has 0 N–H and O–H groups in total. The van der Waals surface area contributed by atoms with Crippen molar-refractivity contribution >= 4 is 29.2 Å². The van der Waals surface area contributed by atoms with Crippen molar-refractivity contribution in [3.05, 3.63) is 95.1 Å². The number of rotatable bonds is 5. The van der Waals surface area contributed by atoms with Crippen LogP contribution in [-0.2, 0) is 16.1 Å². The first-order valence-electron chi connectivity index (χ1n) is 11.4. The minimum atomic E-state index is -0.295. The number of carbonyl (C=O) groups is 2. The molecule has 0 saturated carbocycles. The van der Waals surface area contributed by atoms with Crippen molar-refractivity contribution in [2.75, 3.05) is 38.3 Å². The van der Waals surface area contributed by atoms with Crippen molar-refractivity contribution in [3.8, 4) is 5.75 Å². The molecule has 2 amide bonds. The molecule has 0 radical (unpaired) electrons. The minimum Gasteiger partial charge on any atom is -0.497 e. The second kappa shape index (κ2) is 9.53. The van der Waals surface area contributed by atoms with Crippen LogP contribution in [0.3, 0.4) is 0 Å². The maximum Gasteiger partial charge on any atom is 0.261 e. The van der Waals surface area contributed by atoms with Crippen LogP contribution >= 0.6 is 0 Å². The largest absolute Gasteiger partial charge is 0.497 e. The minimum absolute atomic E-state index is 0.198. The Balaban J connectivity index is 1.46. The van der Waals surface area contributed by atoms with Gasteiger partial charge in [0.15, 0.2) is 0 Å². The average Bonchev–Trinajstić information content (AvgIpc) is 2.90. The second-order valence-electron chi connectivity index (χ2n) is 8.34. The van der Waals surface area contributed by atoms with E-state index in [0.29, 0.717) is 16.7 Å². The van der Waals surface area contributed by atoms with Gasteiger partial charge in [0.1, 0.15) is 5.75 Å². The highest BCUT2D eigenvalue weighted by atomic mass is 16.5. The number of ether oxygens (including phenoxy) is 2. The topological polar surface area (TPSA) is 59.1 Å². The monoisotopic (exact) mass is 454 g/mol. The summed E-state index contributed by atoms with van der Waals surface area (Å²) in [7, 11) is 1.61. The molecule has 5 rings (SSSR count). The van der Waals surface area contributed by atoms with E-state index >= 15 is 0 Å². The number of imide groups is 1. The highest BCUT2D eigenvalue weighted by molar-refractivity contribution is 6.33. The van der Waals surface area contributed by atoms with Crippen LogP contribution in [0.4, 0.5) is 5.69 Å². The summed E-state index contributed by atoms with van der Waals surface area (Å²) in [6.45, 7) is 3.40. The molecule has 6 nitrogen and oxygen atoms in total. The fourth-order valence-corrected chi connectivity index (χ4v) is 4.37. The van der Waals surface area contributed by atoms with Crippen molar-refractivity contribution in [2.45, 2.75) is 6.54 Å². The summed E-state index contributed by atoms with van der Waals surface area (Å²) in [6, 6.07) is 22.8. The second-order valence-corrected chi connectivity index (χ2v) is 8.34. The Bertz CT molecular complexity index is 1230. The Kier molecular flexibility index (Phi) is 6.14. The Morgan fingerprint density at radius 2 is 1.53 bits per heavy atom. The van der Waals surface area contributed by atoms with Gasteiger partial charge in [0.2, 0.25) is 0 Å². The number of nitrogens with zero attached hydrogens (tertiary/aromatic N) is 2. The molecule has 6 heteroatoms. The van der Waals surface area contributed by atoms with Crippen LogP contribution in [0.5, 0.6) is 5.75 Å². The number of hydrogen-bond acceptors (Lipinski definition) is 5.